The van der Waals surface area contributed by atoms with Crippen molar-refractivity contribution in [3.63, 3.8) is 0 Å². The summed E-state index contributed by atoms with van der Waals surface area (Å²) in [5.74, 6) is -0.896. The van der Waals surface area contributed by atoms with E-state index >= 15 is 0 Å². The van der Waals surface area contributed by atoms with Crippen LogP contribution >= 0.6 is 0 Å². The zero-order valence-corrected chi connectivity index (χ0v) is 9.60. The zero-order chi connectivity index (χ0) is 12.5. The van der Waals surface area contributed by atoms with Crippen LogP contribution < -0.4 is 5.73 Å². The Kier molecular flexibility index (Phi) is 3.63. The Morgan fingerprint density at radius 3 is 2.12 bits per heavy atom. The molecule has 0 spiro atoms. The van der Waals surface area contributed by atoms with E-state index in [0.717, 1.165) is 12.1 Å². The fourth-order valence-electron chi connectivity index (χ4n) is 1.41. The van der Waals surface area contributed by atoms with Crippen molar-refractivity contribution >= 4 is 0 Å². The predicted octanol–water partition coefficient (Wildman–Crippen LogP) is 3.81. The lowest BCUT2D eigenvalue weighted by Gasteiger charge is -2.27. The van der Waals surface area contributed by atoms with Gasteiger partial charge in [0.2, 0.25) is 0 Å². The van der Waals surface area contributed by atoms with Gasteiger partial charge in [-0.2, -0.15) is 0 Å². The summed E-state index contributed by atoms with van der Waals surface area (Å²) < 4.78 is 38.0. The minimum atomic E-state index is -2.79. The first-order valence-electron chi connectivity index (χ1n) is 5.06. The second kappa shape index (κ2) is 4.45. The van der Waals surface area contributed by atoms with Crippen LogP contribution in [0.5, 0.6) is 0 Å². The average Bonchev–Trinajstić information content (AvgIpc) is 2.14. The molecule has 1 atom stereocenters. The lowest BCUT2D eigenvalue weighted by atomic mass is 9.83. The average molecular weight is 231 g/mol. The molecule has 0 radical (unpaired) electrons. The Morgan fingerprint density at radius 1 is 1.19 bits per heavy atom. The summed E-state index contributed by atoms with van der Waals surface area (Å²) >= 11 is 0. The molecule has 2 N–H and O–H groups in total. The third kappa shape index (κ3) is 2.76. The number of benzene rings is 1. The van der Waals surface area contributed by atoms with Crippen molar-refractivity contribution in [2.45, 2.75) is 33.2 Å². The van der Waals surface area contributed by atoms with E-state index in [2.05, 4.69) is 0 Å². The summed E-state index contributed by atoms with van der Waals surface area (Å²) in [6.45, 7) is 5.74. The van der Waals surface area contributed by atoms with Gasteiger partial charge in [-0.3, -0.25) is 0 Å². The Labute approximate surface area is 93.5 Å². The van der Waals surface area contributed by atoms with Gasteiger partial charge in [0.1, 0.15) is 5.82 Å². The van der Waals surface area contributed by atoms with Crippen LogP contribution in [0.3, 0.4) is 0 Å². The van der Waals surface area contributed by atoms with Crippen molar-refractivity contribution in [3.8, 4) is 0 Å². The van der Waals surface area contributed by atoms with Crippen LogP contribution in [0.25, 0.3) is 0 Å². The molecule has 0 amide bonds. The molecule has 0 saturated heterocycles. The van der Waals surface area contributed by atoms with Crippen molar-refractivity contribution in [3.05, 3.63) is 35.1 Å². The standard InChI is InChI=1S/C12H16F3N/c1-12(2,3)10(16)7-4-5-8(11(14)15)9(13)6-7/h4-6,10-11H,16H2,1-3H3. The van der Waals surface area contributed by atoms with E-state index in [1.165, 1.54) is 6.07 Å². The first-order valence-corrected chi connectivity index (χ1v) is 5.06. The lowest BCUT2D eigenvalue weighted by Crippen LogP contribution is -2.26. The SMILES string of the molecule is CC(C)(C)C(N)c1ccc(C(F)F)c(F)c1. The highest BCUT2D eigenvalue weighted by Gasteiger charge is 2.24. The molecule has 4 heteroatoms. The minimum absolute atomic E-state index is 0.237. The van der Waals surface area contributed by atoms with Gasteiger partial charge in [0.25, 0.3) is 6.43 Å². The molecular formula is C12H16F3N. The molecule has 0 aliphatic carbocycles. The van der Waals surface area contributed by atoms with Crippen molar-refractivity contribution in [2.24, 2.45) is 11.1 Å². The minimum Gasteiger partial charge on any atom is -0.324 e. The van der Waals surface area contributed by atoms with E-state index in [-0.39, 0.29) is 11.5 Å². The van der Waals surface area contributed by atoms with Crippen molar-refractivity contribution < 1.29 is 13.2 Å². The molecule has 0 aliphatic rings. The van der Waals surface area contributed by atoms with Crippen molar-refractivity contribution in [1.29, 1.82) is 0 Å². The molecular weight excluding hydrogens is 215 g/mol. The van der Waals surface area contributed by atoms with Crippen LogP contribution in [-0.2, 0) is 0 Å². The smallest absolute Gasteiger partial charge is 0.266 e. The van der Waals surface area contributed by atoms with E-state index in [4.69, 9.17) is 5.73 Å². The first kappa shape index (κ1) is 13.0. The van der Waals surface area contributed by atoms with Gasteiger partial charge >= 0.3 is 0 Å². The van der Waals surface area contributed by atoms with Crippen LogP contribution in [0.1, 0.15) is 44.4 Å². The van der Waals surface area contributed by atoms with E-state index < -0.39 is 17.8 Å². The van der Waals surface area contributed by atoms with E-state index in [9.17, 15) is 13.2 Å². The number of hydrogen-bond acceptors (Lipinski definition) is 1. The van der Waals surface area contributed by atoms with E-state index in [0.29, 0.717) is 5.56 Å². The van der Waals surface area contributed by atoms with Crippen LogP contribution in [0.2, 0.25) is 0 Å². The van der Waals surface area contributed by atoms with Gasteiger partial charge in [-0.25, -0.2) is 13.2 Å². The molecule has 90 valence electrons. The number of hydrogen-bond donors (Lipinski definition) is 1. The zero-order valence-electron chi connectivity index (χ0n) is 9.60. The van der Waals surface area contributed by atoms with Crippen LogP contribution in [0, 0.1) is 11.2 Å². The topological polar surface area (TPSA) is 26.0 Å². The quantitative estimate of drug-likeness (QED) is 0.822. The summed E-state index contributed by atoms with van der Waals surface area (Å²) in [6, 6.07) is 3.27. The second-order valence-electron chi connectivity index (χ2n) is 4.93. The summed E-state index contributed by atoms with van der Waals surface area (Å²) in [7, 11) is 0. The summed E-state index contributed by atoms with van der Waals surface area (Å²) in [5, 5.41) is 0. The molecule has 16 heavy (non-hydrogen) atoms. The Morgan fingerprint density at radius 2 is 1.75 bits per heavy atom. The Balaban J connectivity index is 3.07. The normalized spacial score (nSPS) is 14.2. The molecule has 0 fully saturated rings. The highest BCUT2D eigenvalue weighted by atomic mass is 19.3. The van der Waals surface area contributed by atoms with Crippen LogP contribution in [0.15, 0.2) is 18.2 Å². The molecule has 0 aromatic heterocycles. The van der Waals surface area contributed by atoms with Crippen LogP contribution in [-0.4, -0.2) is 0 Å². The summed E-state index contributed by atoms with van der Waals surface area (Å²) in [6.07, 6.45) is -2.79. The molecule has 1 aromatic rings. The molecule has 0 heterocycles. The maximum absolute atomic E-state index is 13.3. The van der Waals surface area contributed by atoms with E-state index in [1.54, 1.807) is 0 Å². The van der Waals surface area contributed by atoms with Gasteiger partial charge < -0.3 is 5.73 Å². The Hall–Kier alpha value is -1.03. The van der Waals surface area contributed by atoms with E-state index in [1.807, 2.05) is 20.8 Å². The third-order valence-electron chi connectivity index (χ3n) is 2.55. The number of rotatable bonds is 2. The van der Waals surface area contributed by atoms with Gasteiger partial charge in [0.15, 0.2) is 0 Å². The summed E-state index contributed by atoms with van der Waals surface area (Å²) in [4.78, 5) is 0. The second-order valence-corrected chi connectivity index (χ2v) is 4.93. The number of halogens is 3. The number of alkyl halides is 2. The maximum atomic E-state index is 13.3. The first-order chi connectivity index (χ1) is 7.23. The highest BCUT2D eigenvalue weighted by Crippen LogP contribution is 2.32. The van der Waals surface area contributed by atoms with Gasteiger partial charge in [-0.15, -0.1) is 0 Å². The third-order valence-corrected chi connectivity index (χ3v) is 2.55. The fourth-order valence-corrected chi connectivity index (χ4v) is 1.41. The molecule has 1 unspecified atom stereocenters. The maximum Gasteiger partial charge on any atom is 0.266 e. The monoisotopic (exact) mass is 231 g/mol. The number of nitrogens with two attached hydrogens (primary N) is 1. The van der Waals surface area contributed by atoms with Gasteiger partial charge in [-0.05, 0) is 17.0 Å². The summed E-state index contributed by atoms with van der Waals surface area (Å²) in [5.41, 5.74) is 5.63. The molecule has 1 rings (SSSR count). The van der Waals surface area contributed by atoms with Crippen molar-refractivity contribution in [1.82, 2.24) is 0 Å². The van der Waals surface area contributed by atoms with Gasteiger partial charge in [-0.1, -0.05) is 32.9 Å². The van der Waals surface area contributed by atoms with Gasteiger partial charge in [0.05, 0.1) is 5.56 Å². The van der Waals surface area contributed by atoms with Crippen LogP contribution in [0.4, 0.5) is 13.2 Å². The molecule has 1 nitrogen and oxygen atoms in total. The molecule has 0 bridgehead atoms. The largest absolute Gasteiger partial charge is 0.324 e. The molecule has 0 aliphatic heterocycles. The van der Waals surface area contributed by atoms with Gasteiger partial charge in [0, 0.05) is 6.04 Å². The molecule has 0 saturated carbocycles. The molecule has 1 aromatic carbocycles. The highest BCUT2D eigenvalue weighted by molar-refractivity contribution is 5.28. The fraction of sp³-hybridized carbons (Fsp3) is 0.500. The lowest BCUT2D eigenvalue weighted by molar-refractivity contribution is 0.146. The van der Waals surface area contributed by atoms with Crippen molar-refractivity contribution in [2.75, 3.05) is 0 Å². The Bertz CT molecular complexity index is 369. The predicted molar refractivity (Wildman–Crippen MR) is 57.7 cm³/mol.